The Morgan fingerprint density at radius 2 is 2.32 bits per heavy atom. The molecule has 1 unspecified atom stereocenters. The summed E-state index contributed by atoms with van der Waals surface area (Å²) in [5.41, 5.74) is 0. The van der Waals surface area contributed by atoms with E-state index in [4.69, 9.17) is 0 Å². The monoisotopic (exact) mass is 265 g/mol. The number of aromatic nitrogens is 3. The lowest BCUT2D eigenvalue weighted by molar-refractivity contribution is -0.136. The zero-order valence-corrected chi connectivity index (χ0v) is 11.8. The van der Waals surface area contributed by atoms with Crippen molar-refractivity contribution >= 4 is 5.91 Å². The fourth-order valence-corrected chi connectivity index (χ4v) is 2.44. The van der Waals surface area contributed by atoms with Crippen molar-refractivity contribution in [1.29, 1.82) is 0 Å². The Labute approximate surface area is 114 Å². The Balaban J connectivity index is 1.98. The molecule has 0 radical (unpaired) electrons. The van der Waals surface area contributed by atoms with Crippen molar-refractivity contribution in [2.24, 2.45) is 0 Å². The summed E-state index contributed by atoms with van der Waals surface area (Å²) in [6.45, 7) is 7.28. The molecule has 1 atom stereocenters. The summed E-state index contributed by atoms with van der Waals surface area (Å²) in [7, 11) is 0. The third kappa shape index (κ3) is 3.32. The molecule has 2 heterocycles. The van der Waals surface area contributed by atoms with E-state index < -0.39 is 0 Å². The van der Waals surface area contributed by atoms with Crippen LogP contribution in [0.1, 0.15) is 38.9 Å². The highest BCUT2D eigenvalue weighted by molar-refractivity contribution is 5.82. The molecule has 1 aliphatic heterocycles. The van der Waals surface area contributed by atoms with Gasteiger partial charge in [-0.2, -0.15) is 0 Å². The molecule has 0 spiro atoms. The molecular weight excluding hydrogens is 242 g/mol. The van der Waals surface area contributed by atoms with Gasteiger partial charge in [0.1, 0.15) is 6.33 Å². The third-order valence-corrected chi connectivity index (χ3v) is 3.54. The normalized spacial score (nSPS) is 20.0. The molecule has 0 bridgehead atoms. The second-order valence-corrected chi connectivity index (χ2v) is 4.94. The van der Waals surface area contributed by atoms with E-state index in [1.165, 1.54) is 0 Å². The van der Waals surface area contributed by atoms with Crippen molar-refractivity contribution in [3.63, 3.8) is 0 Å². The average Bonchev–Trinajstić information content (AvgIpc) is 2.87. The summed E-state index contributed by atoms with van der Waals surface area (Å²) >= 11 is 0. The van der Waals surface area contributed by atoms with Gasteiger partial charge in [0.25, 0.3) is 0 Å². The molecule has 1 aromatic rings. The summed E-state index contributed by atoms with van der Waals surface area (Å²) in [5, 5.41) is 11.3. The highest BCUT2D eigenvalue weighted by atomic mass is 16.2. The predicted molar refractivity (Wildman–Crippen MR) is 72.4 cm³/mol. The molecule has 6 heteroatoms. The van der Waals surface area contributed by atoms with E-state index in [1.807, 2.05) is 9.47 Å². The lowest BCUT2D eigenvalue weighted by atomic mass is 10.0. The molecule has 1 saturated heterocycles. The summed E-state index contributed by atoms with van der Waals surface area (Å²) < 4.78 is 1.98. The lowest BCUT2D eigenvalue weighted by Gasteiger charge is -2.32. The summed E-state index contributed by atoms with van der Waals surface area (Å²) in [6.07, 6.45) is 4.76. The maximum Gasteiger partial charge on any atom is 0.240 e. The molecule has 19 heavy (non-hydrogen) atoms. The van der Waals surface area contributed by atoms with Gasteiger partial charge >= 0.3 is 0 Å². The molecule has 1 aliphatic rings. The van der Waals surface area contributed by atoms with Crippen LogP contribution in [0.15, 0.2) is 6.33 Å². The molecule has 1 N–H and O–H groups in total. The van der Waals surface area contributed by atoms with Gasteiger partial charge < -0.3 is 14.8 Å². The van der Waals surface area contributed by atoms with E-state index in [9.17, 15) is 4.79 Å². The van der Waals surface area contributed by atoms with E-state index in [0.29, 0.717) is 6.54 Å². The van der Waals surface area contributed by atoms with Gasteiger partial charge in [0.15, 0.2) is 5.82 Å². The summed E-state index contributed by atoms with van der Waals surface area (Å²) in [4.78, 5) is 14.3. The predicted octanol–water partition coefficient (Wildman–Crippen LogP) is 0.789. The zero-order chi connectivity index (χ0) is 13.7. The van der Waals surface area contributed by atoms with Gasteiger partial charge in [0.2, 0.25) is 5.91 Å². The maximum atomic E-state index is 12.4. The molecule has 0 aliphatic carbocycles. The number of nitrogens with one attached hydrogen (secondary N) is 1. The van der Waals surface area contributed by atoms with Crippen LogP contribution in [0.25, 0.3) is 0 Å². The number of amides is 1. The smallest absolute Gasteiger partial charge is 0.240 e. The van der Waals surface area contributed by atoms with Gasteiger partial charge in [0, 0.05) is 13.1 Å². The second kappa shape index (κ2) is 6.65. The minimum Gasteiger partial charge on any atom is -0.334 e. The molecule has 1 aromatic heterocycles. The number of rotatable bonds is 6. The fourth-order valence-electron chi connectivity index (χ4n) is 2.44. The van der Waals surface area contributed by atoms with Crippen LogP contribution in [-0.4, -0.2) is 44.7 Å². The number of nitrogens with zero attached hydrogens (tertiary/aromatic N) is 4. The van der Waals surface area contributed by atoms with Crippen LogP contribution in [-0.2, 0) is 17.9 Å². The Kier molecular flexibility index (Phi) is 4.90. The van der Waals surface area contributed by atoms with E-state index in [1.54, 1.807) is 6.33 Å². The average molecular weight is 265 g/mol. The second-order valence-electron chi connectivity index (χ2n) is 4.94. The van der Waals surface area contributed by atoms with Crippen LogP contribution in [0, 0.1) is 0 Å². The number of carbonyl (C=O) groups is 1. The van der Waals surface area contributed by atoms with Gasteiger partial charge in [-0.25, -0.2) is 0 Å². The Bertz CT molecular complexity index is 417. The van der Waals surface area contributed by atoms with Crippen molar-refractivity contribution in [2.75, 3.05) is 13.1 Å². The van der Waals surface area contributed by atoms with Gasteiger partial charge in [-0.15, -0.1) is 10.2 Å². The van der Waals surface area contributed by atoms with Gasteiger partial charge in [-0.05, 0) is 32.7 Å². The summed E-state index contributed by atoms with van der Waals surface area (Å²) in [6, 6.07) is -0.0216. The Hall–Kier alpha value is -1.43. The van der Waals surface area contributed by atoms with Gasteiger partial charge in [0.05, 0.1) is 12.6 Å². The number of hydrogen-bond acceptors (Lipinski definition) is 4. The van der Waals surface area contributed by atoms with Gasteiger partial charge in [-0.1, -0.05) is 6.92 Å². The highest BCUT2D eigenvalue weighted by Gasteiger charge is 2.28. The maximum absolute atomic E-state index is 12.4. The van der Waals surface area contributed by atoms with Crippen LogP contribution in [0.4, 0.5) is 0 Å². The first-order valence-electron chi connectivity index (χ1n) is 7.15. The van der Waals surface area contributed by atoms with E-state index >= 15 is 0 Å². The molecule has 2 rings (SSSR count). The van der Waals surface area contributed by atoms with Crippen LogP contribution >= 0.6 is 0 Å². The molecule has 106 valence electrons. The minimum absolute atomic E-state index is 0.0216. The lowest BCUT2D eigenvalue weighted by Crippen LogP contribution is -2.50. The van der Waals surface area contributed by atoms with Crippen LogP contribution in [0.2, 0.25) is 0 Å². The molecule has 6 nitrogen and oxygen atoms in total. The first kappa shape index (κ1) is 14.0. The first-order chi connectivity index (χ1) is 9.26. The molecule has 1 amide bonds. The van der Waals surface area contributed by atoms with Gasteiger partial charge in [-0.3, -0.25) is 4.79 Å². The minimum atomic E-state index is -0.0216. The topological polar surface area (TPSA) is 63.0 Å². The van der Waals surface area contributed by atoms with Crippen LogP contribution in [0.3, 0.4) is 0 Å². The zero-order valence-electron chi connectivity index (χ0n) is 11.8. The van der Waals surface area contributed by atoms with Crippen LogP contribution < -0.4 is 5.32 Å². The van der Waals surface area contributed by atoms with Crippen LogP contribution in [0.5, 0.6) is 0 Å². The largest absolute Gasteiger partial charge is 0.334 e. The quantitative estimate of drug-likeness (QED) is 0.826. The number of carbonyl (C=O) groups excluding carboxylic acids is 1. The molecule has 0 aromatic carbocycles. The number of hydrogen-bond donors (Lipinski definition) is 1. The third-order valence-electron chi connectivity index (χ3n) is 3.54. The van der Waals surface area contributed by atoms with Crippen molar-refractivity contribution < 1.29 is 4.79 Å². The van der Waals surface area contributed by atoms with Crippen molar-refractivity contribution in [3.8, 4) is 0 Å². The van der Waals surface area contributed by atoms with E-state index in [-0.39, 0.29) is 11.9 Å². The highest BCUT2D eigenvalue weighted by Crippen LogP contribution is 2.14. The number of likely N-dealkylation sites (tertiary alicyclic amines) is 1. The van der Waals surface area contributed by atoms with E-state index in [2.05, 4.69) is 29.4 Å². The number of aryl methyl sites for hydroxylation is 1. The Morgan fingerprint density at radius 3 is 3.05 bits per heavy atom. The standard InChI is InChI=1S/C13H23N5O/c1-3-7-14-11-6-5-8-18(13(11)19)9-12-16-15-10-17(12)4-2/h10-11,14H,3-9H2,1-2H3. The number of piperidine rings is 1. The van der Waals surface area contributed by atoms with Crippen molar-refractivity contribution in [3.05, 3.63) is 12.2 Å². The van der Waals surface area contributed by atoms with E-state index in [0.717, 1.165) is 44.7 Å². The Morgan fingerprint density at radius 1 is 1.47 bits per heavy atom. The molecular formula is C13H23N5O. The first-order valence-corrected chi connectivity index (χ1v) is 7.15. The van der Waals surface area contributed by atoms with Crippen molar-refractivity contribution in [1.82, 2.24) is 25.0 Å². The SMILES string of the molecule is CCCNC1CCCN(Cc2nncn2CC)C1=O. The molecule has 0 saturated carbocycles. The van der Waals surface area contributed by atoms with Crippen molar-refractivity contribution in [2.45, 2.75) is 52.2 Å². The molecule has 1 fully saturated rings. The summed E-state index contributed by atoms with van der Waals surface area (Å²) in [5.74, 6) is 1.07. The fraction of sp³-hybridized carbons (Fsp3) is 0.769.